The smallest absolute Gasteiger partial charge is 0.242 e. The first-order valence-electron chi connectivity index (χ1n) is 10.7. The first-order valence-corrected chi connectivity index (χ1v) is 12.5. The van der Waals surface area contributed by atoms with E-state index in [-0.39, 0.29) is 5.78 Å². The minimum absolute atomic E-state index is 0.0469. The summed E-state index contributed by atoms with van der Waals surface area (Å²) in [6, 6.07) is 13.3. The van der Waals surface area contributed by atoms with Gasteiger partial charge in [-0.25, -0.2) is 12.7 Å². The molecule has 0 radical (unpaired) electrons. The number of hydrogen-bond donors (Lipinski definition) is 0. The number of hydrogen-bond acceptors (Lipinski definition) is 4. The van der Waals surface area contributed by atoms with E-state index in [1.165, 1.54) is 51.7 Å². The molecule has 0 spiro atoms. The van der Waals surface area contributed by atoms with Crippen molar-refractivity contribution in [3.05, 3.63) is 59.1 Å². The highest BCUT2D eigenvalue weighted by Gasteiger charge is 2.44. The topological polar surface area (TPSA) is 63.7 Å². The Morgan fingerprint density at radius 1 is 1.16 bits per heavy atom. The molecule has 2 aromatic carbocycles. The van der Waals surface area contributed by atoms with Crippen LogP contribution >= 0.6 is 11.6 Å². The van der Waals surface area contributed by atoms with E-state index in [0.717, 1.165) is 11.3 Å². The molecule has 0 heterocycles. The fourth-order valence-electron chi connectivity index (χ4n) is 3.18. The Balaban J connectivity index is 0.000000245. The van der Waals surface area contributed by atoms with Gasteiger partial charge in [-0.3, -0.25) is 4.79 Å². The molecule has 1 aliphatic carbocycles. The van der Waals surface area contributed by atoms with Crippen LogP contribution in [0.15, 0.2) is 53.4 Å². The van der Waals surface area contributed by atoms with E-state index >= 15 is 0 Å². The Morgan fingerprint density at radius 3 is 2.09 bits per heavy atom. The third kappa shape index (κ3) is 8.57. The van der Waals surface area contributed by atoms with Gasteiger partial charge in [-0.15, -0.1) is 0 Å². The number of benzene rings is 2. The average molecular weight is 482 g/mol. The number of carbonyl (C=O) groups is 1. The van der Waals surface area contributed by atoms with Crippen LogP contribution in [0.3, 0.4) is 0 Å². The zero-order chi connectivity index (χ0) is 24.5. The summed E-state index contributed by atoms with van der Waals surface area (Å²) in [6.45, 7) is 8.49. The first-order chi connectivity index (χ1) is 14.9. The lowest BCUT2D eigenvalue weighted by atomic mass is 10.1. The van der Waals surface area contributed by atoms with Crippen molar-refractivity contribution in [3.63, 3.8) is 0 Å². The lowest BCUT2D eigenvalue weighted by Gasteiger charge is -2.10. The van der Waals surface area contributed by atoms with E-state index < -0.39 is 10.0 Å². The highest BCUT2D eigenvalue weighted by molar-refractivity contribution is 7.89. The standard InChI is InChI=1S/C9H9ClO2.C8H11NO2S.C8H16/c1-6(11)8-5-7(10)3-4-9(8)12-2;1-9(2)12(10,11)8-6-4-3-5-7-8;1-4-5-7-6-8(7,2)3/h3-5H,1-2H3;3-7H,1-2H3;7H,4-6H2,1-3H3. The van der Waals surface area contributed by atoms with Gasteiger partial charge in [0.15, 0.2) is 5.78 Å². The number of rotatable bonds is 6. The van der Waals surface area contributed by atoms with Crippen molar-refractivity contribution in [2.75, 3.05) is 21.2 Å². The van der Waals surface area contributed by atoms with Gasteiger partial charge < -0.3 is 4.74 Å². The molecule has 0 N–H and O–H groups in total. The second kappa shape index (κ2) is 12.4. The summed E-state index contributed by atoms with van der Waals surface area (Å²) in [4.78, 5) is 11.4. The maximum atomic E-state index is 11.5. The van der Waals surface area contributed by atoms with Gasteiger partial charge in [-0.2, -0.15) is 0 Å². The van der Waals surface area contributed by atoms with Gasteiger partial charge in [0.2, 0.25) is 10.0 Å². The number of Topliss-reactive ketones (excluding diaryl/α,β-unsaturated/α-hetero) is 1. The van der Waals surface area contributed by atoms with Crippen LogP contribution in [0.25, 0.3) is 0 Å². The molecule has 32 heavy (non-hydrogen) atoms. The third-order valence-electron chi connectivity index (χ3n) is 5.42. The SMILES string of the molecule is CCCC1CC1(C)C.CN(C)S(=O)(=O)c1ccccc1.COc1ccc(Cl)cc1C(C)=O. The summed E-state index contributed by atoms with van der Waals surface area (Å²) in [7, 11) is 1.31. The number of nitrogens with zero attached hydrogens (tertiary/aromatic N) is 1. The van der Waals surface area contributed by atoms with Crippen molar-refractivity contribution < 1.29 is 17.9 Å². The third-order valence-corrected chi connectivity index (χ3v) is 7.48. The Hall–Kier alpha value is -1.89. The van der Waals surface area contributed by atoms with Crippen LogP contribution in [0.1, 0.15) is 57.3 Å². The molecule has 0 amide bonds. The van der Waals surface area contributed by atoms with Crippen molar-refractivity contribution in [2.45, 2.75) is 51.9 Å². The van der Waals surface area contributed by atoms with E-state index in [9.17, 15) is 13.2 Å². The highest BCUT2D eigenvalue weighted by Crippen LogP contribution is 2.53. The molecule has 0 aliphatic heterocycles. The molecule has 178 valence electrons. The summed E-state index contributed by atoms with van der Waals surface area (Å²) in [6.07, 6.45) is 4.29. The molecule has 5 nitrogen and oxygen atoms in total. The maximum Gasteiger partial charge on any atom is 0.242 e. The fraction of sp³-hybridized carbons (Fsp3) is 0.480. The van der Waals surface area contributed by atoms with E-state index in [4.69, 9.17) is 16.3 Å². The normalized spacial score (nSPS) is 16.2. The molecule has 1 unspecified atom stereocenters. The second-order valence-corrected chi connectivity index (χ2v) is 11.3. The van der Waals surface area contributed by atoms with Gasteiger partial charge in [-0.05, 0) is 55.0 Å². The second-order valence-electron chi connectivity index (χ2n) is 8.68. The molecule has 3 rings (SSSR count). The predicted octanol–water partition coefficient (Wildman–Crippen LogP) is 6.32. The Bertz CT molecular complexity index is 973. The van der Waals surface area contributed by atoms with Gasteiger partial charge in [0.1, 0.15) is 5.75 Å². The van der Waals surface area contributed by atoms with E-state index in [0.29, 0.717) is 21.2 Å². The largest absolute Gasteiger partial charge is 0.496 e. The van der Waals surface area contributed by atoms with Gasteiger partial charge in [-0.1, -0.05) is 63.4 Å². The lowest BCUT2D eigenvalue weighted by Crippen LogP contribution is -2.21. The van der Waals surface area contributed by atoms with Crippen molar-refractivity contribution in [3.8, 4) is 5.75 Å². The summed E-state index contributed by atoms with van der Waals surface area (Å²) in [5.74, 6) is 1.58. The number of halogens is 1. The average Bonchev–Trinajstić information content (AvgIpc) is 3.35. The molecular formula is C25H36ClNO4S. The molecule has 2 aromatic rings. The van der Waals surface area contributed by atoms with Gasteiger partial charge in [0, 0.05) is 19.1 Å². The molecule has 0 saturated heterocycles. The fourth-order valence-corrected chi connectivity index (χ4v) is 4.27. The Kier molecular flexibility index (Phi) is 10.9. The van der Waals surface area contributed by atoms with Crippen LogP contribution in [-0.4, -0.2) is 39.7 Å². The molecule has 0 bridgehead atoms. The minimum atomic E-state index is -3.24. The van der Waals surface area contributed by atoms with Crippen LogP contribution in [-0.2, 0) is 10.0 Å². The minimum Gasteiger partial charge on any atom is -0.496 e. The van der Waals surface area contributed by atoms with Crippen LogP contribution in [0, 0.1) is 11.3 Å². The molecule has 0 aromatic heterocycles. The molecule has 7 heteroatoms. The molecule has 1 atom stereocenters. The monoisotopic (exact) mass is 481 g/mol. The van der Waals surface area contributed by atoms with Crippen molar-refractivity contribution in [1.29, 1.82) is 0 Å². The number of ether oxygens (including phenoxy) is 1. The highest BCUT2D eigenvalue weighted by atomic mass is 35.5. The quantitative estimate of drug-likeness (QED) is 0.453. The Labute approximate surface area is 198 Å². The van der Waals surface area contributed by atoms with Crippen LogP contribution < -0.4 is 4.74 Å². The van der Waals surface area contributed by atoms with Crippen LogP contribution in [0.2, 0.25) is 5.02 Å². The van der Waals surface area contributed by atoms with E-state index in [1.54, 1.807) is 48.5 Å². The predicted molar refractivity (Wildman–Crippen MR) is 132 cm³/mol. The number of sulfonamides is 1. The van der Waals surface area contributed by atoms with Gasteiger partial charge in [0.25, 0.3) is 0 Å². The number of methoxy groups -OCH3 is 1. The van der Waals surface area contributed by atoms with E-state index in [1.807, 2.05) is 0 Å². The summed E-state index contributed by atoms with van der Waals surface area (Å²) in [5.41, 5.74) is 1.24. The van der Waals surface area contributed by atoms with Crippen LogP contribution in [0.5, 0.6) is 5.75 Å². The molecular weight excluding hydrogens is 446 g/mol. The summed E-state index contributed by atoms with van der Waals surface area (Å²) < 4.78 is 29.1. The number of ketones is 1. The summed E-state index contributed by atoms with van der Waals surface area (Å²) >= 11 is 5.71. The van der Waals surface area contributed by atoms with Crippen molar-refractivity contribution in [1.82, 2.24) is 4.31 Å². The summed E-state index contributed by atoms with van der Waals surface area (Å²) in [5, 5.41) is 0.543. The zero-order valence-electron chi connectivity index (χ0n) is 20.2. The zero-order valence-corrected chi connectivity index (χ0v) is 21.8. The molecule has 1 aliphatic rings. The van der Waals surface area contributed by atoms with E-state index in [2.05, 4.69) is 20.8 Å². The van der Waals surface area contributed by atoms with Gasteiger partial charge in [0.05, 0.1) is 17.6 Å². The first kappa shape index (κ1) is 28.1. The van der Waals surface area contributed by atoms with Crippen molar-refractivity contribution in [2.24, 2.45) is 11.3 Å². The molecule has 1 fully saturated rings. The Morgan fingerprint density at radius 2 is 1.72 bits per heavy atom. The lowest BCUT2D eigenvalue weighted by molar-refractivity contribution is 0.101. The maximum absolute atomic E-state index is 11.5. The van der Waals surface area contributed by atoms with Crippen molar-refractivity contribution >= 4 is 27.4 Å². The van der Waals surface area contributed by atoms with Crippen LogP contribution in [0.4, 0.5) is 0 Å². The molecule has 1 saturated carbocycles. The van der Waals surface area contributed by atoms with Gasteiger partial charge >= 0.3 is 0 Å². The number of carbonyl (C=O) groups excluding carboxylic acids is 1.